The lowest BCUT2D eigenvalue weighted by molar-refractivity contribution is -0.106. The summed E-state index contributed by atoms with van der Waals surface area (Å²) in [5.41, 5.74) is 4.17. The summed E-state index contributed by atoms with van der Waals surface area (Å²) in [6, 6.07) is 0. The molecule has 1 aliphatic heterocycles. The molecule has 0 bridgehead atoms. The van der Waals surface area contributed by atoms with E-state index in [1.165, 1.54) is 0 Å². The molecule has 0 aliphatic carbocycles. The van der Waals surface area contributed by atoms with Gasteiger partial charge in [-0.15, -0.1) is 0 Å². The highest BCUT2D eigenvalue weighted by atomic mass is 16.1. The van der Waals surface area contributed by atoms with Gasteiger partial charge in [-0.25, -0.2) is 0 Å². The molecule has 48 valence electrons. The van der Waals surface area contributed by atoms with Gasteiger partial charge in [-0.2, -0.15) is 0 Å². The number of hydrogen-bond donors (Lipinski definition) is 3. The molecule has 1 saturated heterocycles. The Bertz CT molecular complexity index is 45.6. The molecule has 0 unspecified atom stereocenters. The van der Waals surface area contributed by atoms with Gasteiger partial charge in [-0.3, -0.25) is 4.79 Å². The van der Waals surface area contributed by atoms with Gasteiger partial charge in [0.2, 0.25) is 6.41 Å². The minimum Gasteiger partial charge on any atom is -0.372 e. The highest BCUT2D eigenvalue weighted by Crippen LogP contribution is 1.62. The van der Waals surface area contributed by atoms with Crippen molar-refractivity contribution in [2.75, 3.05) is 19.8 Å². The topological polar surface area (TPSA) is 67.2 Å². The van der Waals surface area contributed by atoms with Gasteiger partial charge in [0, 0.05) is 19.8 Å². The molecule has 0 spiro atoms. The van der Waals surface area contributed by atoms with E-state index in [1.54, 1.807) is 0 Å². The first-order valence-corrected chi connectivity index (χ1v) is 2.48. The maximum atomic E-state index is 8.58. The second-order valence-electron chi connectivity index (χ2n) is 1.31. The molecule has 4 heteroatoms. The van der Waals surface area contributed by atoms with Crippen molar-refractivity contribution in [2.45, 2.75) is 0 Å². The third-order valence-electron chi connectivity index (χ3n) is 0.729. The maximum Gasteiger partial charge on any atom is 0.204 e. The molecule has 1 rings (SSSR count). The number of rotatable bonds is 0. The molecule has 0 saturated carbocycles. The monoisotopic (exact) mass is 117 g/mol. The summed E-state index contributed by atoms with van der Waals surface area (Å²) in [6.45, 7) is 3.28. The van der Waals surface area contributed by atoms with Gasteiger partial charge in [-0.1, -0.05) is 0 Å². The molecule has 0 aromatic heterocycles. The van der Waals surface area contributed by atoms with Crippen molar-refractivity contribution in [1.29, 1.82) is 0 Å². The number of nitrogens with two attached hydrogens (primary N) is 1. The van der Waals surface area contributed by atoms with E-state index in [0.29, 0.717) is 0 Å². The van der Waals surface area contributed by atoms with Gasteiger partial charge in [-0.05, 0) is 0 Å². The van der Waals surface area contributed by atoms with Crippen molar-refractivity contribution < 1.29 is 4.79 Å². The fraction of sp³-hybridized carbons (Fsp3) is 0.750. The third-order valence-corrected chi connectivity index (χ3v) is 0.729. The Morgan fingerprint density at radius 1 is 1.38 bits per heavy atom. The smallest absolute Gasteiger partial charge is 0.204 e. The number of hydrogen-bond acceptors (Lipinski definition) is 3. The van der Waals surface area contributed by atoms with E-state index in [-0.39, 0.29) is 6.41 Å². The summed E-state index contributed by atoms with van der Waals surface area (Å²) in [7, 11) is 0. The molecule has 1 heterocycles. The van der Waals surface area contributed by atoms with Crippen LogP contribution in [0.15, 0.2) is 0 Å². The maximum absolute atomic E-state index is 8.58. The quantitative estimate of drug-likeness (QED) is 0.329. The molecule has 1 fully saturated rings. The van der Waals surface area contributed by atoms with Crippen LogP contribution in [0.25, 0.3) is 0 Å². The molecule has 0 aromatic carbocycles. The first-order valence-electron chi connectivity index (χ1n) is 2.48. The zero-order valence-electron chi connectivity index (χ0n) is 4.68. The molecular weight excluding hydrogens is 106 g/mol. The van der Waals surface area contributed by atoms with E-state index in [0.717, 1.165) is 19.8 Å². The van der Waals surface area contributed by atoms with Crippen molar-refractivity contribution in [2.24, 2.45) is 5.73 Å². The summed E-state index contributed by atoms with van der Waals surface area (Å²) >= 11 is 0. The number of carbonyl (C=O) groups is 1. The standard InChI is InChI=1S/C3H8N2.CH3NO/c1-2-5-3-4-1;2-1-3/h4-5H,1-3H2;1H,(H2,2,3). The minimum atomic E-state index is 0.250. The van der Waals surface area contributed by atoms with E-state index in [4.69, 9.17) is 4.79 Å². The molecule has 8 heavy (non-hydrogen) atoms. The van der Waals surface area contributed by atoms with E-state index >= 15 is 0 Å². The van der Waals surface area contributed by atoms with Gasteiger partial charge >= 0.3 is 0 Å². The van der Waals surface area contributed by atoms with Crippen molar-refractivity contribution in [3.8, 4) is 0 Å². The molecule has 0 radical (unpaired) electrons. The van der Waals surface area contributed by atoms with Crippen molar-refractivity contribution >= 4 is 6.41 Å². The lowest BCUT2D eigenvalue weighted by Gasteiger charge is -1.77. The van der Waals surface area contributed by atoms with Crippen LogP contribution in [0, 0.1) is 0 Å². The first-order chi connectivity index (χ1) is 3.91. The Morgan fingerprint density at radius 2 is 1.75 bits per heavy atom. The Kier molecular flexibility index (Phi) is 5.90. The normalized spacial score (nSPS) is 16.5. The molecule has 4 nitrogen and oxygen atoms in total. The van der Waals surface area contributed by atoms with Gasteiger partial charge in [0.25, 0.3) is 0 Å². The fourth-order valence-corrected chi connectivity index (χ4v) is 0.442. The molecular formula is C4H11N3O. The van der Waals surface area contributed by atoms with E-state index in [1.807, 2.05) is 0 Å². The van der Waals surface area contributed by atoms with Crippen LogP contribution >= 0.6 is 0 Å². The summed E-state index contributed by atoms with van der Waals surface area (Å²) in [6.07, 6.45) is 0.250. The van der Waals surface area contributed by atoms with Gasteiger partial charge in [0.1, 0.15) is 0 Å². The average Bonchev–Trinajstić information content (AvgIpc) is 2.17. The molecule has 1 amide bonds. The van der Waals surface area contributed by atoms with Crippen molar-refractivity contribution in [3.05, 3.63) is 0 Å². The summed E-state index contributed by atoms with van der Waals surface area (Å²) in [5, 5.41) is 6.22. The second-order valence-corrected chi connectivity index (χ2v) is 1.31. The predicted molar refractivity (Wildman–Crippen MR) is 31.1 cm³/mol. The predicted octanol–water partition coefficient (Wildman–Crippen LogP) is -1.76. The lowest BCUT2D eigenvalue weighted by atomic mass is 10.7. The molecule has 1 aliphatic rings. The Hall–Kier alpha value is -0.610. The van der Waals surface area contributed by atoms with Gasteiger partial charge in [0.15, 0.2) is 0 Å². The lowest BCUT2D eigenvalue weighted by Crippen LogP contribution is -2.11. The SMILES string of the molecule is C1CNCN1.NC=O. The van der Waals surface area contributed by atoms with Crippen LogP contribution in [0.2, 0.25) is 0 Å². The van der Waals surface area contributed by atoms with Crippen LogP contribution in [-0.4, -0.2) is 26.2 Å². The highest BCUT2D eigenvalue weighted by Gasteiger charge is 1.90. The average molecular weight is 117 g/mol. The summed E-state index contributed by atoms with van der Waals surface area (Å²) in [5.74, 6) is 0. The Balaban J connectivity index is 0.000000145. The van der Waals surface area contributed by atoms with Gasteiger partial charge < -0.3 is 16.4 Å². The largest absolute Gasteiger partial charge is 0.372 e. The number of nitrogens with one attached hydrogen (secondary N) is 2. The molecule has 4 N–H and O–H groups in total. The zero-order valence-corrected chi connectivity index (χ0v) is 4.68. The fourth-order valence-electron chi connectivity index (χ4n) is 0.442. The molecule has 0 aromatic rings. The van der Waals surface area contributed by atoms with Crippen LogP contribution in [0.1, 0.15) is 0 Å². The second kappa shape index (κ2) is 6.39. The number of primary amides is 1. The zero-order chi connectivity index (χ0) is 6.24. The van der Waals surface area contributed by atoms with E-state index in [9.17, 15) is 0 Å². The van der Waals surface area contributed by atoms with Gasteiger partial charge in [0.05, 0.1) is 0 Å². The van der Waals surface area contributed by atoms with E-state index in [2.05, 4.69) is 16.4 Å². The van der Waals surface area contributed by atoms with Crippen LogP contribution in [0.5, 0.6) is 0 Å². The van der Waals surface area contributed by atoms with Crippen LogP contribution in [0.4, 0.5) is 0 Å². The minimum absolute atomic E-state index is 0.250. The highest BCUT2D eigenvalue weighted by molar-refractivity contribution is 5.42. The number of carbonyl (C=O) groups excluding carboxylic acids is 1. The Labute approximate surface area is 48.4 Å². The van der Waals surface area contributed by atoms with E-state index < -0.39 is 0 Å². The Morgan fingerprint density at radius 3 is 1.88 bits per heavy atom. The van der Waals surface area contributed by atoms with Crippen LogP contribution in [0.3, 0.4) is 0 Å². The first kappa shape index (κ1) is 7.39. The van der Waals surface area contributed by atoms with Crippen molar-refractivity contribution in [3.63, 3.8) is 0 Å². The van der Waals surface area contributed by atoms with Crippen LogP contribution in [-0.2, 0) is 4.79 Å². The summed E-state index contributed by atoms with van der Waals surface area (Å²) < 4.78 is 0. The number of amides is 1. The molecule has 0 atom stereocenters. The van der Waals surface area contributed by atoms with Crippen LogP contribution < -0.4 is 16.4 Å². The summed E-state index contributed by atoms with van der Waals surface area (Å²) in [4.78, 5) is 8.58. The van der Waals surface area contributed by atoms with Crippen molar-refractivity contribution in [1.82, 2.24) is 10.6 Å². The third kappa shape index (κ3) is 5.39.